The Morgan fingerprint density at radius 3 is 2.81 bits per heavy atom. The second-order valence-corrected chi connectivity index (χ2v) is 7.83. The SMILES string of the molecule is CNSCCNc1ccc(-c2cccc(F)c2)cc1/C(N)=C/C=NCc1cccnc1. The van der Waals surface area contributed by atoms with E-state index in [1.54, 1.807) is 42.7 Å². The Hall–Kier alpha value is -3.16. The number of benzene rings is 2. The van der Waals surface area contributed by atoms with Crippen molar-refractivity contribution in [1.82, 2.24) is 9.71 Å². The van der Waals surface area contributed by atoms with Gasteiger partial charge in [0.15, 0.2) is 0 Å². The minimum Gasteiger partial charge on any atom is -0.398 e. The summed E-state index contributed by atoms with van der Waals surface area (Å²) < 4.78 is 16.8. The van der Waals surface area contributed by atoms with Crippen LogP contribution >= 0.6 is 11.9 Å². The monoisotopic (exact) mass is 435 g/mol. The van der Waals surface area contributed by atoms with Crippen LogP contribution in [0.4, 0.5) is 10.1 Å². The fourth-order valence-electron chi connectivity index (χ4n) is 3.00. The number of nitrogens with zero attached hydrogens (tertiary/aromatic N) is 2. The lowest BCUT2D eigenvalue weighted by Gasteiger charge is -2.14. The zero-order valence-corrected chi connectivity index (χ0v) is 18.2. The van der Waals surface area contributed by atoms with E-state index in [-0.39, 0.29) is 5.82 Å². The lowest BCUT2D eigenvalue weighted by Crippen LogP contribution is -2.10. The zero-order chi connectivity index (χ0) is 21.9. The zero-order valence-electron chi connectivity index (χ0n) is 17.4. The van der Waals surface area contributed by atoms with Gasteiger partial charge in [0.1, 0.15) is 5.82 Å². The third kappa shape index (κ3) is 6.94. The molecule has 7 heteroatoms. The number of hydrogen-bond donors (Lipinski definition) is 3. The Labute approximate surface area is 186 Å². The van der Waals surface area contributed by atoms with Crippen LogP contribution in [0.1, 0.15) is 11.1 Å². The smallest absolute Gasteiger partial charge is 0.123 e. The van der Waals surface area contributed by atoms with E-state index in [0.717, 1.165) is 40.2 Å². The molecule has 1 aromatic heterocycles. The summed E-state index contributed by atoms with van der Waals surface area (Å²) in [5.74, 6) is 0.633. The molecular formula is C24H26FN5S. The highest BCUT2D eigenvalue weighted by atomic mass is 32.2. The quantitative estimate of drug-likeness (QED) is 0.244. The molecule has 0 fully saturated rings. The molecule has 0 saturated heterocycles. The van der Waals surface area contributed by atoms with Crippen LogP contribution in [-0.2, 0) is 6.54 Å². The van der Waals surface area contributed by atoms with Gasteiger partial charge in [0.25, 0.3) is 0 Å². The van der Waals surface area contributed by atoms with Crippen LogP contribution in [-0.4, -0.2) is 30.5 Å². The first-order valence-corrected chi connectivity index (χ1v) is 10.9. The number of aromatic nitrogens is 1. The molecule has 0 unspecified atom stereocenters. The summed E-state index contributed by atoms with van der Waals surface area (Å²) >= 11 is 1.63. The molecule has 0 aliphatic carbocycles. The van der Waals surface area contributed by atoms with E-state index in [2.05, 4.69) is 20.0 Å². The maximum Gasteiger partial charge on any atom is 0.123 e. The van der Waals surface area contributed by atoms with E-state index in [1.807, 2.05) is 43.4 Å². The molecule has 0 bridgehead atoms. The van der Waals surface area contributed by atoms with Crippen LogP contribution in [0.15, 0.2) is 78.1 Å². The maximum absolute atomic E-state index is 13.7. The van der Waals surface area contributed by atoms with Crippen LogP contribution in [0.5, 0.6) is 0 Å². The van der Waals surface area contributed by atoms with E-state index < -0.39 is 0 Å². The van der Waals surface area contributed by atoms with Crippen molar-refractivity contribution in [3.05, 3.63) is 90.0 Å². The number of nitrogens with two attached hydrogens (primary N) is 1. The topological polar surface area (TPSA) is 75.3 Å². The fourth-order valence-corrected chi connectivity index (χ4v) is 3.40. The van der Waals surface area contributed by atoms with Crippen molar-refractivity contribution >= 4 is 29.5 Å². The summed E-state index contributed by atoms with van der Waals surface area (Å²) in [6.07, 6.45) is 7.02. The Morgan fingerprint density at radius 2 is 2.03 bits per heavy atom. The lowest BCUT2D eigenvalue weighted by atomic mass is 10.00. The first kappa shape index (κ1) is 22.5. The van der Waals surface area contributed by atoms with E-state index in [0.29, 0.717) is 12.2 Å². The van der Waals surface area contributed by atoms with Crippen molar-refractivity contribution in [2.75, 3.05) is 24.7 Å². The number of halogens is 1. The minimum atomic E-state index is -0.267. The minimum absolute atomic E-state index is 0.267. The van der Waals surface area contributed by atoms with Gasteiger partial charge in [-0.25, -0.2) is 4.39 Å². The van der Waals surface area contributed by atoms with Gasteiger partial charge < -0.3 is 11.1 Å². The molecule has 0 saturated carbocycles. The van der Waals surface area contributed by atoms with Gasteiger partial charge in [0, 0.05) is 47.9 Å². The molecule has 2 aromatic carbocycles. The molecule has 31 heavy (non-hydrogen) atoms. The number of rotatable bonds is 10. The van der Waals surface area contributed by atoms with Crippen molar-refractivity contribution in [1.29, 1.82) is 0 Å². The van der Waals surface area contributed by atoms with Crippen LogP contribution in [0.25, 0.3) is 16.8 Å². The number of pyridine rings is 1. The lowest BCUT2D eigenvalue weighted by molar-refractivity contribution is 0.628. The molecule has 0 amide bonds. The number of anilines is 1. The highest BCUT2D eigenvalue weighted by Crippen LogP contribution is 2.28. The van der Waals surface area contributed by atoms with Crippen molar-refractivity contribution in [2.45, 2.75) is 6.54 Å². The van der Waals surface area contributed by atoms with E-state index in [1.165, 1.54) is 12.1 Å². The average Bonchev–Trinajstić information content (AvgIpc) is 2.80. The molecule has 160 valence electrons. The standard InChI is InChI=1S/C24H26FN5S/c1-27-31-13-12-30-24-8-7-20(19-5-2-6-21(25)14-19)15-22(24)23(26)9-11-29-17-18-4-3-10-28-16-18/h2-11,14-16,27,30H,12-13,17,26H2,1H3/b23-9-,29-11?. The summed E-state index contributed by atoms with van der Waals surface area (Å²) in [5.41, 5.74) is 11.5. The highest BCUT2D eigenvalue weighted by Gasteiger charge is 2.08. The summed E-state index contributed by atoms with van der Waals surface area (Å²) in [7, 11) is 1.90. The predicted octanol–water partition coefficient (Wildman–Crippen LogP) is 4.74. The van der Waals surface area contributed by atoms with E-state index in [4.69, 9.17) is 5.73 Å². The molecule has 3 rings (SSSR count). The maximum atomic E-state index is 13.7. The fraction of sp³-hybridized carbons (Fsp3) is 0.167. The largest absolute Gasteiger partial charge is 0.398 e. The molecular weight excluding hydrogens is 409 g/mol. The number of hydrogen-bond acceptors (Lipinski definition) is 6. The number of nitrogens with one attached hydrogen (secondary N) is 2. The first-order chi connectivity index (χ1) is 15.2. The van der Waals surface area contributed by atoms with Gasteiger partial charge in [-0.3, -0.25) is 14.7 Å². The summed E-state index contributed by atoms with van der Waals surface area (Å²) in [5, 5.41) is 3.43. The third-order valence-corrected chi connectivity index (χ3v) is 5.21. The molecule has 0 aliphatic rings. The Balaban J connectivity index is 1.83. The molecule has 5 nitrogen and oxygen atoms in total. The second kappa shape index (κ2) is 11.9. The van der Waals surface area contributed by atoms with Gasteiger partial charge in [-0.1, -0.05) is 36.2 Å². The summed E-state index contributed by atoms with van der Waals surface area (Å²) in [6, 6.07) is 16.3. The average molecular weight is 436 g/mol. The molecule has 4 N–H and O–H groups in total. The predicted molar refractivity (Wildman–Crippen MR) is 130 cm³/mol. The van der Waals surface area contributed by atoms with Gasteiger partial charge in [0.05, 0.1) is 6.54 Å². The molecule has 0 radical (unpaired) electrons. The van der Waals surface area contributed by atoms with Gasteiger partial charge in [-0.05, 0) is 60.1 Å². The van der Waals surface area contributed by atoms with Crippen molar-refractivity contribution in [3.63, 3.8) is 0 Å². The van der Waals surface area contributed by atoms with Crippen molar-refractivity contribution < 1.29 is 4.39 Å². The van der Waals surface area contributed by atoms with Crippen LogP contribution in [0.2, 0.25) is 0 Å². The van der Waals surface area contributed by atoms with Crippen LogP contribution < -0.4 is 15.8 Å². The van der Waals surface area contributed by atoms with Gasteiger partial charge >= 0.3 is 0 Å². The van der Waals surface area contributed by atoms with E-state index in [9.17, 15) is 4.39 Å². The number of aliphatic imine (C=N–C) groups is 1. The number of allylic oxidation sites excluding steroid dienone is 1. The Morgan fingerprint density at radius 1 is 1.16 bits per heavy atom. The normalized spacial score (nSPS) is 11.7. The molecule has 0 aliphatic heterocycles. The molecule has 0 atom stereocenters. The molecule has 0 spiro atoms. The summed E-state index contributed by atoms with van der Waals surface area (Å²) in [4.78, 5) is 8.50. The van der Waals surface area contributed by atoms with Gasteiger partial charge in [-0.15, -0.1) is 0 Å². The van der Waals surface area contributed by atoms with Crippen molar-refractivity contribution in [2.24, 2.45) is 10.7 Å². The highest BCUT2D eigenvalue weighted by molar-refractivity contribution is 7.97. The first-order valence-electron chi connectivity index (χ1n) is 9.94. The summed E-state index contributed by atoms with van der Waals surface area (Å²) in [6.45, 7) is 1.31. The van der Waals surface area contributed by atoms with Crippen LogP contribution in [0, 0.1) is 5.82 Å². The van der Waals surface area contributed by atoms with E-state index >= 15 is 0 Å². The second-order valence-electron chi connectivity index (χ2n) is 6.72. The Kier molecular flexibility index (Phi) is 8.63. The Bertz CT molecular complexity index is 1040. The van der Waals surface area contributed by atoms with Crippen LogP contribution in [0.3, 0.4) is 0 Å². The third-order valence-electron chi connectivity index (χ3n) is 4.51. The molecule has 1 heterocycles. The van der Waals surface area contributed by atoms with Gasteiger partial charge in [0.2, 0.25) is 0 Å². The van der Waals surface area contributed by atoms with Crippen molar-refractivity contribution in [3.8, 4) is 11.1 Å². The van der Waals surface area contributed by atoms with Gasteiger partial charge in [-0.2, -0.15) is 0 Å². The molecule has 3 aromatic rings.